The Kier molecular flexibility index (Phi) is 6.16. The minimum Gasteiger partial charge on any atom is -0.381 e. The van der Waals surface area contributed by atoms with Gasteiger partial charge in [-0.3, -0.25) is 0 Å². The molecule has 0 atom stereocenters. The highest BCUT2D eigenvalue weighted by atomic mass is 16.5. The number of hydrogen-bond acceptors (Lipinski definition) is 4. The zero-order valence-corrected chi connectivity index (χ0v) is 11.4. The first-order valence-corrected chi connectivity index (χ1v) is 6.32. The molecule has 0 aromatic carbocycles. The average molecular weight is 247 g/mol. The number of nitriles is 1. The van der Waals surface area contributed by atoms with Crippen LogP contribution in [-0.4, -0.2) is 24.7 Å². The highest BCUT2D eigenvalue weighted by molar-refractivity contribution is 5.55. The van der Waals surface area contributed by atoms with E-state index in [1.54, 1.807) is 6.20 Å². The van der Waals surface area contributed by atoms with Crippen molar-refractivity contribution >= 4 is 5.82 Å². The van der Waals surface area contributed by atoms with E-state index in [0.717, 1.165) is 31.7 Å². The number of nitrogens with zero attached hydrogens (tertiary/aromatic N) is 2. The maximum Gasteiger partial charge on any atom is 0.144 e. The summed E-state index contributed by atoms with van der Waals surface area (Å²) in [6, 6.07) is 4.02. The van der Waals surface area contributed by atoms with Crippen LogP contribution in [0.15, 0.2) is 12.3 Å². The van der Waals surface area contributed by atoms with Crippen molar-refractivity contribution in [2.45, 2.75) is 27.2 Å². The van der Waals surface area contributed by atoms with Gasteiger partial charge in [-0.2, -0.15) is 5.26 Å². The molecule has 98 valence electrons. The lowest BCUT2D eigenvalue weighted by molar-refractivity contribution is 0.110. The van der Waals surface area contributed by atoms with Crippen LogP contribution < -0.4 is 5.32 Å². The molecule has 1 rings (SSSR count). The van der Waals surface area contributed by atoms with Gasteiger partial charge in [-0.1, -0.05) is 13.8 Å². The predicted octanol–water partition coefficient (Wildman–Crippen LogP) is 2.74. The van der Waals surface area contributed by atoms with Crippen molar-refractivity contribution < 1.29 is 4.74 Å². The van der Waals surface area contributed by atoms with Crippen LogP contribution in [0, 0.1) is 24.2 Å². The second-order valence-electron chi connectivity index (χ2n) is 4.71. The van der Waals surface area contributed by atoms with Crippen LogP contribution >= 0.6 is 0 Å². The van der Waals surface area contributed by atoms with Crippen LogP contribution in [0.3, 0.4) is 0 Å². The van der Waals surface area contributed by atoms with Crippen molar-refractivity contribution in [3.8, 4) is 6.07 Å². The Labute approximate surface area is 109 Å². The maximum absolute atomic E-state index is 9.05. The minimum absolute atomic E-state index is 0.571. The molecule has 0 aliphatic rings. The van der Waals surface area contributed by atoms with Crippen molar-refractivity contribution in [2.24, 2.45) is 5.92 Å². The molecule has 0 bridgehead atoms. The molecule has 1 aromatic heterocycles. The summed E-state index contributed by atoms with van der Waals surface area (Å²) < 4.78 is 5.49. The summed E-state index contributed by atoms with van der Waals surface area (Å²) >= 11 is 0. The van der Waals surface area contributed by atoms with Gasteiger partial charge in [0.05, 0.1) is 5.56 Å². The Morgan fingerprint density at radius 1 is 1.50 bits per heavy atom. The molecule has 4 nitrogen and oxygen atoms in total. The highest BCUT2D eigenvalue weighted by Gasteiger charge is 2.05. The standard InChI is InChI=1S/C14H21N3O/c1-11(2)10-18-8-4-6-16-14-13(9-15)12(3)5-7-17-14/h5,7,11H,4,6,8,10H2,1-3H3,(H,16,17). The zero-order chi connectivity index (χ0) is 13.4. The summed E-state index contributed by atoms with van der Waals surface area (Å²) in [5.41, 5.74) is 1.58. The molecule has 1 N–H and O–H groups in total. The fourth-order valence-corrected chi connectivity index (χ4v) is 1.53. The van der Waals surface area contributed by atoms with Crippen molar-refractivity contribution in [3.05, 3.63) is 23.4 Å². The van der Waals surface area contributed by atoms with E-state index in [9.17, 15) is 0 Å². The molecule has 0 unspecified atom stereocenters. The lowest BCUT2D eigenvalue weighted by atomic mass is 10.1. The molecule has 18 heavy (non-hydrogen) atoms. The van der Waals surface area contributed by atoms with Gasteiger partial charge in [0.25, 0.3) is 0 Å². The predicted molar refractivity (Wildman–Crippen MR) is 72.5 cm³/mol. The monoisotopic (exact) mass is 247 g/mol. The Hall–Kier alpha value is -1.60. The lowest BCUT2D eigenvalue weighted by Gasteiger charge is -2.09. The molecule has 0 radical (unpaired) electrons. The first-order chi connectivity index (χ1) is 8.65. The van der Waals surface area contributed by atoms with Crippen LogP contribution in [0.1, 0.15) is 31.4 Å². The van der Waals surface area contributed by atoms with Crippen LogP contribution in [-0.2, 0) is 4.74 Å². The molecule has 0 saturated carbocycles. The van der Waals surface area contributed by atoms with E-state index >= 15 is 0 Å². The molecule has 1 heterocycles. The Bertz CT molecular complexity index is 410. The highest BCUT2D eigenvalue weighted by Crippen LogP contribution is 2.14. The molecule has 0 amide bonds. The van der Waals surface area contributed by atoms with Gasteiger partial charge in [0, 0.05) is 26.0 Å². The SMILES string of the molecule is Cc1ccnc(NCCCOCC(C)C)c1C#N. The van der Waals surface area contributed by atoms with Crippen molar-refractivity contribution in [1.29, 1.82) is 5.26 Å². The van der Waals surface area contributed by atoms with Crippen molar-refractivity contribution in [3.63, 3.8) is 0 Å². The van der Waals surface area contributed by atoms with E-state index < -0.39 is 0 Å². The fraction of sp³-hybridized carbons (Fsp3) is 0.571. The molecule has 0 aliphatic heterocycles. The van der Waals surface area contributed by atoms with Gasteiger partial charge in [-0.15, -0.1) is 0 Å². The summed E-state index contributed by atoms with van der Waals surface area (Å²) in [4.78, 5) is 4.18. The summed E-state index contributed by atoms with van der Waals surface area (Å²) in [5.74, 6) is 1.24. The zero-order valence-electron chi connectivity index (χ0n) is 11.4. The Morgan fingerprint density at radius 3 is 2.94 bits per heavy atom. The third-order valence-electron chi connectivity index (χ3n) is 2.48. The van der Waals surface area contributed by atoms with Crippen LogP contribution in [0.25, 0.3) is 0 Å². The van der Waals surface area contributed by atoms with E-state index in [0.29, 0.717) is 17.3 Å². The summed E-state index contributed by atoms with van der Waals surface area (Å²) in [7, 11) is 0. The number of aromatic nitrogens is 1. The van der Waals surface area contributed by atoms with E-state index in [2.05, 4.69) is 30.2 Å². The van der Waals surface area contributed by atoms with E-state index in [1.807, 2.05) is 13.0 Å². The molecular weight excluding hydrogens is 226 g/mol. The second-order valence-corrected chi connectivity index (χ2v) is 4.71. The van der Waals surface area contributed by atoms with Crippen molar-refractivity contribution in [2.75, 3.05) is 25.1 Å². The quantitative estimate of drug-likeness (QED) is 0.753. The van der Waals surface area contributed by atoms with Crippen LogP contribution in [0.2, 0.25) is 0 Å². The molecule has 1 aromatic rings. The van der Waals surface area contributed by atoms with Crippen molar-refractivity contribution in [1.82, 2.24) is 4.98 Å². The second kappa shape index (κ2) is 7.67. The lowest BCUT2D eigenvalue weighted by Crippen LogP contribution is -2.10. The molecule has 0 saturated heterocycles. The normalized spacial score (nSPS) is 10.4. The van der Waals surface area contributed by atoms with E-state index in [4.69, 9.17) is 10.00 Å². The third-order valence-corrected chi connectivity index (χ3v) is 2.48. The average Bonchev–Trinajstić information content (AvgIpc) is 2.33. The number of aryl methyl sites for hydroxylation is 1. The van der Waals surface area contributed by atoms with Gasteiger partial charge in [-0.05, 0) is 30.9 Å². The first kappa shape index (κ1) is 14.5. The van der Waals surface area contributed by atoms with Gasteiger partial charge in [0.2, 0.25) is 0 Å². The summed E-state index contributed by atoms with van der Waals surface area (Å²) in [6.45, 7) is 8.48. The topological polar surface area (TPSA) is 57.9 Å². The molecule has 0 spiro atoms. The van der Waals surface area contributed by atoms with Crippen LogP contribution in [0.4, 0.5) is 5.82 Å². The summed E-state index contributed by atoms with van der Waals surface area (Å²) in [6.07, 6.45) is 2.63. The van der Waals surface area contributed by atoms with Gasteiger partial charge in [-0.25, -0.2) is 4.98 Å². The molecule has 4 heteroatoms. The molecule has 0 fully saturated rings. The van der Waals surface area contributed by atoms with Gasteiger partial charge in [0.1, 0.15) is 11.9 Å². The Balaban J connectivity index is 2.32. The van der Waals surface area contributed by atoms with Crippen LogP contribution in [0.5, 0.6) is 0 Å². The maximum atomic E-state index is 9.05. The molecule has 0 aliphatic carbocycles. The van der Waals surface area contributed by atoms with Gasteiger partial charge >= 0.3 is 0 Å². The van der Waals surface area contributed by atoms with E-state index in [1.165, 1.54) is 0 Å². The third kappa shape index (κ3) is 4.72. The van der Waals surface area contributed by atoms with Gasteiger partial charge < -0.3 is 10.1 Å². The smallest absolute Gasteiger partial charge is 0.144 e. The summed E-state index contributed by atoms with van der Waals surface area (Å²) in [5, 5.41) is 12.2. The van der Waals surface area contributed by atoms with E-state index in [-0.39, 0.29) is 0 Å². The number of pyridine rings is 1. The number of hydrogen-bond donors (Lipinski definition) is 1. The van der Waals surface area contributed by atoms with Gasteiger partial charge in [0.15, 0.2) is 0 Å². The fourth-order valence-electron chi connectivity index (χ4n) is 1.53. The number of nitrogens with one attached hydrogen (secondary N) is 1. The molecular formula is C14H21N3O. The number of ether oxygens (including phenoxy) is 1. The number of rotatable bonds is 7. The largest absolute Gasteiger partial charge is 0.381 e. The number of anilines is 1. The Morgan fingerprint density at radius 2 is 2.28 bits per heavy atom. The first-order valence-electron chi connectivity index (χ1n) is 6.32. The minimum atomic E-state index is 0.571.